The average Bonchev–Trinajstić information content (AvgIpc) is 2.83. The van der Waals surface area contributed by atoms with Gasteiger partial charge in [-0.1, -0.05) is 18.2 Å². The van der Waals surface area contributed by atoms with Gasteiger partial charge in [0.2, 0.25) is 0 Å². The molecular weight excluding hydrogens is 238 g/mol. The highest BCUT2D eigenvalue weighted by molar-refractivity contribution is 6.21. The molecule has 1 unspecified atom stereocenters. The molecule has 1 atom stereocenters. The van der Waals surface area contributed by atoms with Crippen molar-refractivity contribution in [2.75, 3.05) is 5.32 Å². The van der Waals surface area contributed by atoms with Gasteiger partial charge in [-0.05, 0) is 18.6 Å². The third-order valence-corrected chi connectivity index (χ3v) is 2.63. The van der Waals surface area contributed by atoms with Crippen LogP contribution in [0.25, 0.3) is 0 Å². The van der Waals surface area contributed by atoms with Crippen molar-refractivity contribution in [2.45, 2.75) is 12.3 Å². The number of rotatable bonds is 3. The lowest BCUT2D eigenvalue weighted by atomic mass is 10.1. The minimum absolute atomic E-state index is 0.157. The Kier molecular flexibility index (Phi) is 3.44. The predicted molar refractivity (Wildman–Crippen MR) is 67.3 cm³/mol. The van der Waals surface area contributed by atoms with E-state index >= 15 is 0 Å². The molecule has 1 aromatic heterocycles. The Balaban J connectivity index is 2.22. The molecule has 0 bridgehead atoms. The van der Waals surface area contributed by atoms with E-state index < -0.39 is 0 Å². The summed E-state index contributed by atoms with van der Waals surface area (Å²) in [6.07, 6.45) is 3.02. The zero-order valence-corrected chi connectivity index (χ0v) is 10.0. The molecule has 0 saturated carbocycles. The molecule has 2 N–H and O–H groups in total. The van der Waals surface area contributed by atoms with Crippen molar-refractivity contribution < 1.29 is 4.79 Å². The van der Waals surface area contributed by atoms with Crippen molar-refractivity contribution in [2.24, 2.45) is 0 Å². The fourth-order valence-electron chi connectivity index (χ4n) is 1.53. The van der Waals surface area contributed by atoms with Crippen LogP contribution >= 0.6 is 11.6 Å². The number of halogens is 1. The number of nitrogens with zero attached hydrogens (tertiary/aromatic N) is 1. The number of aromatic nitrogens is 2. The summed E-state index contributed by atoms with van der Waals surface area (Å²) < 4.78 is 0. The monoisotopic (exact) mass is 249 g/mol. The van der Waals surface area contributed by atoms with Gasteiger partial charge in [-0.3, -0.25) is 9.89 Å². The van der Waals surface area contributed by atoms with Crippen LogP contribution in [0.4, 0.5) is 5.69 Å². The summed E-state index contributed by atoms with van der Waals surface area (Å²) in [7, 11) is 0. The van der Waals surface area contributed by atoms with Crippen LogP contribution in [0.2, 0.25) is 0 Å². The first kappa shape index (κ1) is 11.7. The molecule has 4 nitrogen and oxygen atoms in total. The number of nitrogens with one attached hydrogen (secondary N) is 2. The highest BCUT2D eigenvalue weighted by Crippen LogP contribution is 2.27. The maximum absolute atomic E-state index is 11.8. The van der Waals surface area contributed by atoms with Gasteiger partial charge in [0.1, 0.15) is 0 Å². The second-order valence-electron chi connectivity index (χ2n) is 3.64. The molecule has 1 aromatic carbocycles. The van der Waals surface area contributed by atoms with E-state index in [4.69, 9.17) is 11.6 Å². The van der Waals surface area contributed by atoms with Gasteiger partial charge in [-0.25, -0.2) is 0 Å². The molecule has 1 amide bonds. The quantitative estimate of drug-likeness (QED) is 0.822. The lowest BCUT2D eigenvalue weighted by Crippen LogP contribution is -2.12. The Labute approximate surface area is 104 Å². The molecule has 5 heteroatoms. The van der Waals surface area contributed by atoms with Crippen LogP contribution in [0.1, 0.15) is 28.2 Å². The molecule has 0 spiro atoms. The summed E-state index contributed by atoms with van der Waals surface area (Å²) in [5.74, 6) is -0.205. The molecule has 0 saturated heterocycles. The van der Waals surface area contributed by atoms with Crippen LogP contribution in [0.5, 0.6) is 0 Å². The van der Waals surface area contributed by atoms with Gasteiger partial charge in [-0.15, -0.1) is 11.6 Å². The molecule has 0 aliphatic carbocycles. The third kappa shape index (κ3) is 2.65. The summed E-state index contributed by atoms with van der Waals surface area (Å²) in [5.41, 5.74) is 2.11. The molecule has 0 fully saturated rings. The van der Waals surface area contributed by atoms with Gasteiger partial charge < -0.3 is 5.32 Å². The van der Waals surface area contributed by atoms with E-state index in [9.17, 15) is 4.79 Å². The number of carbonyl (C=O) groups is 1. The lowest BCUT2D eigenvalue weighted by molar-refractivity contribution is 0.102. The van der Waals surface area contributed by atoms with E-state index in [1.807, 2.05) is 31.2 Å². The van der Waals surface area contributed by atoms with Crippen LogP contribution in [0.3, 0.4) is 0 Å². The SMILES string of the molecule is CC(Cl)c1ccccc1NC(=O)c1cn[nH]c1. The first-order chi connectivity index (χ1) is 8.18. The van der Waals surface area contributed by atoms with E-state index in [0.717, 1.165) is 11.3 Å². The van der Waals surface area contributed by atoms with Crippen molar-refractivity contribution >= 4 is 23.2 Å². The van der Waals surface area contributed by atoms with Crippen LogP contribution in [-0.4, -0.2) is 16.1 Å². The van der Waals surface area contributed by atoms with E-state index in [1.165, 1.54) is 6.20 Å². The van der Waals surface area contributed by atoms with Gasteiger partial charge in [0.25, 0.3) is 5.91 Å². The second-order valence-corrected chi connectivity index (χ2v) is 4.30. The zero-order chi connectivity index (χ0) is 12.3. The van der Waals surface area contributed by atoms with Crippen LogP contribution < -0.4 is 5.32 Å². The molecule has 17 heavy (non-hydrogen) atoms. The Hall–Kier alpha value is -1.81. The maximum Gasteiger partial charge on any atom is 0.258 e. The molecule has 2 aromatic rings. The topological polar surface area (TPSA) is 57.8 Å². The minimum Gasteiger partial charge on any atom is -0.322 e. The summed E-state index contributed by atoms with van der Waals surface area (Å²) in [4.78, 5) is 11.8. The summed E-state index contributed by atoms with van der Waals surface area (Å²) in [5, 5.41) is 8.98. The fraction of sp³-hybridized carbons (Fsp3) is 0.167. The number of H-pyrrole nitrogens is 1. The Morgan fingerprint density at radius 1 is 1.47 bits per heavy atom. The Morgan fingerprint density at radius 2 is 2.24 bits per heavy atom. The van der Waals surface area contributed by atoms with Gasteiger partial charge in [0, 0.05) is 11.9 Å². The molecule has 0 aliphatic rings. The van der Waals surface area contributed by atoms with Crippen LogP contribution in [0, 0.1) is 0 Å². The largest absolute Gasteiger partial charge is 0.322 e. The number of aromatic amines is 1. The summed E-state index contributed by atoms with van der Waals surface area (Å²) in [6.45, 7) is 1.87. The van der Waals surface area contributed by atoms with Crippen molar-refractivity contribution in [3.63, 3.8) is 0 Å². The minimum atomic E-state index is -0.205. The average molecular weight is 250 g/mol. The number of benzene rings is 1. The molecule has 1 heterocycles. The smallest absolute Gasteiger partial charge is 0.258 e. The normalized spacial score (nSPS) is 12.1. The number of para-hydroxylation sites is 1. The van der Waals surface area contributed by atoms with Crippen LogP contribution in [-0.2, 0) is 0 Å². The van der Waals surface area contributed by atoms with E-state index in [1.54, 1.807) is 6.20 Å². The van der Waals surface area contributed by atoms with E-state index in [0.29, 0.717) is 5.56 Å². The van der Waals surface area contributed by atoms with E-state index in [-0.39, 0.29) is 11.3 Å². The maximum atomic E-state index is 11.8. The lowest BCUT2D eigenvalue weighted by Gasteiger charge is -2.11. The molecule has 0 radical (unpaired) electrons. The first-order valence-corrected chi connectivity index (χ1v) is 5.65. The van der Waals surface area contributed by atoms with Gasteiger partial charge in [0.15, 0.2) is 0 Å². The molecule has 2 rings (SSSR count). The van der Waals surface area contributed by atoms with Crippen molar-refractivity contribution in [1.29, 1.82) is 0 Å². The number of anilines is 1. The Morgan fingerprint density at radius 3 is 2.88 bits per heavy atom. The zero-order valence-electron chi connectivity index (χ0n) is 9.27. The standard InChI is InChI=1S/C12H12ClN3O/c1-8(13)10-4-2-3-5-11(10)16-12(17)9-6-14-15-7-9/h2-8H,1H3,(H,14,15)(H,16,17). The molecular formula is C12H12ClN3O. The van der Waals surface area contributed by atoms with Crippen LogP contribution in [0.15, 0.2) is 36.7 Å². The van der Waals surface area contributed by atoms with Crippen molar-refractivity contribution in [1.82, 2.24) is 10.2 Å². The highest BCUT2D eigenvalue weighted by atomic mass is 35.5. The predicted octanol–water partition coefficient (Wildman–Crippen LogP) is 2.96. The summed E-state index contributed by atoms with van der Waals surface area (Å²) >= 11 is 6.05. The number of hydrogen-bond donors (Lipinski definition) is 2. The molecule has 0 aliphatic heterocycles. The third-order valence-electron chi connectivity index (χ3n) is 2.40. The van der Waals surface area contributed by atoms with Crippen molar-refractivity contribution in [3.8, 4) is 0 Å². The second kappa shape index (κ2) is 5.01. The Bertz CT molecular complexity index is 508. The fourth-order valence-corrected chi connectivity index (χ4v) is 1.72. The van der Waals surface area contributed by atoms with E-state index in [2.05, 4.69) is 15.5 Å². The van der Waals surface area contributed by atoms with Crippen molar-refractivity contribution in [3.05, 3.63) is 47.8 Å². The van der Waals surface area contributed by atoms with Gasteiger partial charge in [-0.2, -0.15) is 5.10 Å². The molecule has 88 valence electrons. The number of alkyl halides is 1. The summed E-state index contributed by atoms with van der Waals surface area (Å²) in [6, 6.07) is 7.46. The first-order valence-electron chi connectivity index (χ1n) is 5.21. The number of amides is 1. The van der Waals surface area contributed by atoms with Gasteiger partial charge in [0.05, 0.1) is 17.1 Å². The number of carbonyl (C=O) groups excluding carboxylic acids is 1. The highest BCUT2D eigenvalue weighted by Gasteiger charge is 2.11. The number of hydrogen-bond acceptors (Lipinski definition) is 2. The van der Waals surface area contributed by atoms with Gasteiger partial charge >= 0.3 is 0 Å².